The fraction of sp³-hybridized carbons (Fsp3) is 0. The zero-order valence-corrected chi connectivity index (χ0v) is 29.0. The lowest BCUT2D eigenvalue weighted by Crippen LogP contribution is -1.95. The highest BCUT2D eigenvalue weighted by Crippen LogP contribution is 2.43. The molecule has 266 valence electrons. The van der Waals surface area contributed by atoms with Crippen molar-refractivity contribution in [3.05, 3.63) is 206 Å². The molecule has 0 bridgehead atoms. The van der Waals surface area contributed by atoms with Gasteiger partial charge in [0.2, 0.25) is 0 Å². The first-order valence-electron chi connectivity index (χ1n) is 30.0. The first-order valence-corrected chi connectivity index (χ1v) is 17.5. The van der Waals surface area contributed by atoms with Crippen LogP contribution in [0.5, 0.6) is 0 Å². The minimum Gasteiger partial charge on any atom is -0.455 e. The van der Waals surface area contributed by atoms with Crippen molar-refractivity contribution in [3.8, 4) is 44.8 Å². The van der Waals surface area contributed by atoms with E-state index in [0.717, 1.165) is 15.7 Å². The van der Waals surface area contributed by atoms with Crippen LogP contribution in [0.4, 0.5) is 0 Å². The molecule has 12 rings (SSSR count). The Morgan fingerprint density at radius 3 is 1.65 bits per heavy atom. The molecule has 0 saturated carbocycles. The molecule has 0 N–H and O–H groups in total. The molecule has 0 amide bonds. The van der Waals surface area contributed by atoms with Gasteiger partial charge in [-0.3, -0.25) is 0 Å². The number of benzene rings is 9. The summed E-state index contributed by atoms with van der Waals surface area (Å²) in [6.45, 7) is 0. The van der Waals surface area contributed by atoms with Gasteiger partial charge >= 0.3 is 0 Å². The Labute approximate surface area is 364 Å². The SMILES string of the molecule is [2H]c1c([2H])c([2H])c(-c2c([2H])c([2H])c(-n3c4c([2H])c([2H])c([2H])c([2H])c4c4c([2H])c(-c5c([2H])c([2H])c6c(c5[2H])c5c([2H])c([2H])c([2H])c([2H])c5n6-c5ccc(-c6ccccc6)cc5)c([2H])c([2H])c43)c3c2oc2c([2H])c([2H])c([2H])c([2H])c23)c([2H])c1[2H]. The molecular formula is C54H34N2O. The van der Waals surface area contributed by atoms with E-state index in [0.29, 0.717) is 0 Å². The second-order valence-electron chi connectivity index (χ2n) is 13.0. The first-order chi connectivity index (χ1) is 38.7. The minimum absolute atomic E-state index is 0.180. The minimum atomic E-state index is -0.987. The Hall–Kier alpha value is -7.62. The second kappa shape index (κ2) is 12.5. The fourth-order valence-electron chi connectivity index (χ4n) is 7.38. The van der Waals surface area contributed by atoms with E-state index in [9.17, 15) is 16.4 Å². The highest BCUT2D eigenvalue weighted by atomic mass is 16.3. The molecule has 0 saturated heterocycles. The highest BCUT2D eigenvalue weighted by molar-refractivity contribution is 6.17. The Kier molecular flexibility index (Phi) is 3.46. The molecule has 0 aliphatic heterocycles. The topological polar surface area (TPSA) is 23.0 Å². The van der Waals surface area contributed by atoms with E-state index in [2.05, 4.69) is 0 Å². The van der Waals surface area contributed by atoms with E-state index in [1.54, 1.807) is 24.3 Å². The normalized spacial score (nSPS) is 18.0. The van der Waals surface area contributed by atoms with Crippen LogP contribution < -0.4 is 0 Å². The molecule has 0 aliphatic carbocycles. The van der Waals surface area contributed by atoms with E-state index in [1.165, 1.54) is 4.57 Å². The summed E-state index contributed by atoms with van der Waals surface area (Å²) < 4.78 is 237. The predicted molar refractivity (Wildman–Crippen MR) is 239 cm³/mol. The molecule has 0 spiro atoms. The third kappa shape index (κ3) is 4.86. The number of hydrogen-bond donors (Lipinski definition) is 0. The van der Waals surface area contributed by atoms with Crippen LogP contribution in [0.25, 0.3) is 110 Å². The van der Waals surface area contributed by atoms with Crippen LogP contribution in [-0.2, 0) is 0 Å². The maximum atomic E-state index is 10.1. The largest absolute Gasteiger partial charge is 0.455 e. The molecule has 3 heterocycles. The molecule has 3 nitrogen and oxygen atoms in total. The van der Waals surface area contributed by atoms with Gasteiger partial charge in [0, 0.05) is 38.2 Å². The van der Waals surface area contributed by atoms with Crippen LogP contribution in [0.3, 0.4) is 0 Å². The van der Waals surface area contributed by atoms with Crippen LogP contribution >= 0.6 is 0 Å². The summed E-state index contributed by atoms with van der Waals surface area (Å²) in [5.41, 5.74) is -4.47. The first kappa shape index (κ1) is 15.9. The molecule has 0 fully saturated rings. The fourth-order valence-corrected chi connectivity index (χ4v) is 7.38. The molecule has 0 atom stereocenters. The van der Waals surface area contributed by atoms with Gasteiger partial charge in [0.05, 0.1) is 67.4 Å². The van der Waals surface area contributed by atoms with Gasteiger partial charge in [-0.2, -0.15) is 0 Å². The zero-order valence-electron chi connectivity index (χ0n) is 54.0. The summed E-state index contributed by atoms with van der Waals surface area (Å²) in [7, 11) is 0. The number of aromatic nitrogens is 2. The molecule has 0 radical (unpaired) electrons. The van der Waals surface area contributed by atoms with Crippen LogP contribution in [0.2, 0.25) is 0 Å². The summed E-state index contributed by atoms with van der Waals surface area (Å²) in [5.74, 6) is 0. The standard InChI is InChI=1S/C54H34N2O/c1-3-13-35(14-4-1)36-23-27-40(28-24-36)55-47-20-10-7-17-42(47)45-33-38(25-30-49(45)55)39-26-31-50-46(34-39)43-18-8-11-21-48(43)56(50)51-32-29-41(37-15-5-2-6-16-37)54-53(51)44-19-9-12-22-52(44)57-54/h1-34H/i2D,5D,6D,7D,8D,9D,10D,11D,12D,15D,16D,17D,18D,19D,20D,21D,22D,25D,26D,29D,30D,31D,32D,33D,34D. The zero-order chi connectivity index (χ0) is 59.2. The van der Waals surface area contributed by atoms with Crippen LogP contribution in [0, 0.1) is 0 Å². The van der Waals surface area contributed by atoms with Crippen molar-refractivity contribution >= 4 is 65.6 Å². The molecule has 3 heteroatoms. The van der Waals surface area contributed by atoms with Gasteiger partial charge in [-0.05, 0) is 94.3 Å². The smallest absolute Gasteiger partial charge is 0.145 e. The average Bonchev–Trinajstić information content (AvgIpc) is 3.01. The predicted octanol–water partition coefficient (Wildman–Crippen LogP) is 14.8. The number of rotatable bonds is 5. The number of hydrogen-bond acceptors (Lipinski definition) is 1. The maximum Gasteiger partial charge on any atom is 0.145 e. The summed E-state index contributed by atoms with van der Waals surface area (Å²) in [4.78, 5) is 0. The lowest BCUT2D eigenvalue weighted by Gasteiger charge is -2.12. The third-order valence-electron chi connectivity index (χ3n) is 9.88. The molecule has 0 unspecified atom stereocenters. The molecule has 12 aromatic rings. The monoisotopic (exact) mass is 751 g/mol. The van der Waals surface area contributed by atoms with E-state index in [1.807, 2.05) is 30.3 Å². The molecule has 3 aromatic heterocycles. The van der Waals surface area contributed by atoms with Gasteiger partial charge in [0.15, 0.2) is 0 Å². The van der Waals surface area contributed by atoms with Gasteiger partial charge in [-0.25, -0.2) is 0 Å². The van der Waals surface area contributed by atoms with Gasteiger partial charge in [0.1, 0.15) is 11.2 Å². The van der Waals surface area contributed by atoms with E-state index < -0.39 is 223 Å². The van der Waals surface area contributed by atoms with Crippen molar-refractivity contribution in [2.75, 3.05) is 0 Å². The molecule has 0 aliphatic rings. The van der Waals surface area contributed by atoms with Crippen LogP contribution in [-0.4, -0.2) is 9.13 Å². The molecule has 57 heavy (non-hydrogen) atoms. The van der Waals surface area contributed by atoms with Crippen molar-refractivity contribution < 1.29 is 38.7 Å². The summed E-state index contributed by atoms with van der Waals surface area (Å²) in [6.07, 6.45) is 0. The van der Waals surface area contributed by atoms with E-state index in [-0.39, 0.29) is 27.5 Å². The summed E-state index contributed by atoms with van der Waals surface area (Å²) in [5, 5.41) is -2.76. The Bertz CT molecular complexity index is 4940. The number of fused-ring (bicyclic) bond motifs is 9. The van der Waals surface area contributed by atoms with Crippen LogP contribution in [0.1, 0.15) is 34.3 Å². The van der Waals surface area contributed by atoms with Gasteiger partial charge < -0.3 is 13.6 Å². The average molecular weight is 752 g/mol. The van der Waals surface area contributed by atoms with Crippen molar-refractivity contribution in [1.29, 1.82) is 0 Å². The molecular weight excluding hydrogens is 693 g/mol. The second-order valence-corrected chi connectivity index (χ2v) is 13.0. The van der Waals surface area contributed by atoms with Crippen LogP contribution in [0.15, 0.2) is 210 Å². The van der Waals surface area contributed by atoms with Gasteiger partial charge in [0.25, 0.3) is 0 Å². The lowest BCUT2D eigenvalue weighted by molar-refractivity contribution is 0.670. The summed E-state index contributed by atoms with van der Waals surface area (Å²) >= 11 is 0. The maximum absolute atomic E-state index is 10.1. The highest BCUT2D eigenvalue weighted by Gasteiger charge is 2.21. The van der Waals surface area contributed by atoms with Gasteiger partial charge in [-0.15, -0.1) is 0 Å². The van der Waals surface area contributed by atoms with E-state index in [4.69, 9.17) is 22.2 Å². The lowest BCUT2D eigenvalue weighted by atomic mass is 10.00. The number of nitrogens with zero attached hydrogens (tertiary/aromatic N) is 2. The quantitative estimate of drug-likeness (QED) is 0.172. The Balaban J connectivity index is 1.26. The van der Waals surface area contributed by atoms with Crippen molar-refractivity contribution in [1.82, 2.24) is 9.13 Å². The van der Waals surface area contributed by atoms with E-state index >= 15 is 0 Å². The summed E-state index contributed by atoms with van der Waals surface area (Å²) in [6, 6.07) is -4.66. The number of para-hydroxylation sites is 3. The van der Waals surface area contributed by atoms with Gasteiger partial charge in [-0.1, -0.05) is 139 Å². The van der Waals surface area contributed by atoms with Crippen molar-refractivity contribution in [3.63, 3.8) is 0 Å². The van der Waals surface area contributed by atoms with Crippen molar-refractivity contribution in [2.24, 2.45) is 0 Å². The Morgan fingerprint density at radius 1 is 0.386 bits per heavy atom. The Morgan fingerprint density at radius 2 is 0.947 bits per heavy atom. The van der Waals surface area contributed by atoms with Crippen molar-refractivity contribution in [2.45, 2.75) is 0 Å². The third-order valence-corrected chi connectivity index (χ3v) is 9.88. The molecule has 9 aromatic carbocycles. The number of furan rings is 1.